The van der Waals surface area contributed by atoms with Crippen molar-refractivity contribution in [3.8, 4) is 0 Å². The summed E-state index contributed by atoms with van der Waals surface area (Å²) < 4.78 is 6.09. The van der Waals surface area contributed by atoms with Crippen LogP contribution < -0.4 is 10.2 Å². The second kappa shape index (κ2) is 9.70. The summed E-state index contributed by atoms with van der Waals surface area (Å²) in [6.45, 7) is 5.52. The van der Waals surface area contributed by atoms with E-state index in [4.69, 9.17) is 4.74 Å². The number of nitrogens with one attached hydrogen (secondary N) is 1. The highest BCUT2D eigenvalue weighted by Crippen LogP contribution is 2.42. The third-order valence-corrected chi connectivity index (χ3v) is 7.74. The van der Waals surface area contributed by atoms with Crippen molar-refractivity contribution in [1.82, 2.24) is 0 Å². The van der Waals surface area contributed by atoms with E-state index in [1.807, 2.05) is 19.9 Å². The fourth-order valence-corrected chi connectivity index (χ4v) is 5.14. The Balaban J connectivity index is 1.36. The first-order valence-corrected chi connectivity index (χ1v) is 12.2. The minimum atomic E-state index is -0.660. The van der Waals surface area contributed by atoms with Crippen molar-refractivity contribution in [2.24, 2.45) is 17.8 Å². The lowest BCUT2D eigenvalue weighted by atomic mass is 9.76. The van der Waals surface area contributed by atoms with Crippen LogP contribution in [0.5, 0.6) is 0 Å². The lowest BCUT2D eigenvalue weighted by Gasteiger charge is -2.25. The van der Waals surface area contributed by atoms with Gasteiger partial charge in [0.05, 0.1) is 23.1 Å². The van der Waals surface area contributed by atoms with E-state index in [1.54, 1.807) is 18.2 Å². The first kappa shape index (κ1) is 24.1. The SMILES string of the molecule is Cc1c(Br)ccc(NC(=O)COC(=O)c2ccc(N3C(=O)[C@H]4C[C@H](C)CC[C@H]4C3=O)cc2)c1C. The normalized spacial score (nSPS) is 21.9. The van der Waals surface area contributed by atoms with Crippen molar-refractivity contribution in [3.05, 3.63) is 57.6 Å². The Morgan fingerprint density at radius 1 is 1.00 bits per heavy atom. The molecule has 7 nitrogen and oxygen atoms in total. The number of imide groups is 1. The number of nitrogens with zero attached hydrogens (tertiary/aromatic N) is 1. The molecule has 2 aliphatic rings. The first-order valence-electron chi connectivity index (χ1n) is 11.4. The van der Waals surface area contributed by atoms with Gasteiger partial charge in [-0.25, -0.2) is 4.79 Å². The van der Waals surface area contributed by atoms with Crippen LogP contribution in [-0.4, -0.2) is 30.3 Å². The molecule has 3 atom stereocenters. The fourth-order valence-electron chi connectivity index (χ4n) is 4.71. The zero-order valence-corrected chi connectivity index (χ0v) is 21.0. The smallest absolute Gasteiger partial charge is 0.338 e. The number of amides is 3. The van der Waals surface area contributed by atoms with Crippen LogP contribution in [0.2, 0.25) is 0 Å². The minimum absolute atomic E-state index is 0.160. The maximum absolute atomic E-state index is 12.9. The molecule has 4 rings (SSSR count). The maximum atomic E-state index is 12.9. The van der Waals surface area contributed by atoms with Crippen molar-refractivity contribution < 1.29 is 23.9 Å². The number of hydrogen-bond donors (Lipinski definition) is 1. The van der Waals surface area contributed by atoms with Gasteiger partial charge in [-0.1, -0.05) is 22.9 Å². The molecular formula is C26H27BrN2O5. The maximum Gasteiger partial charge on any atom is 0.338 e. The Hall–Kier alpha value is -3.00. The highest BCUT2D eigenvalue weighted by Gasteiger charge is 2.49. The van der Waals surface area contributed by atoms with E-state index in [9.17, 15) is 19.2 Å². The summed E-state index contributed by atoms with van der Waals surface area (Å²) in [5.74, 6) is -1.49. The monoisotopic (exact) mass is 526 g/mol. The molecule has 2 fully saturated rings. The summed E-state index contributed by atoms with van der Waals surface area (Å²) in [6, 6.07) is 9.77. The highest BCUT2D eigenvalue weighted by molar-refractivity contribution is 9.10. The summed E-state index contributed by atoms with van der Waals surface area (Å²) in [4.78, 5) is 51.6. The molecule has 2 aromatic carbocycles. The molecule has 3 amide bonds. The van der Waals surface area contributed by atoms with E-state index >= 15 is 0 Å². The van der Waals surface area contributed by atoms with E-state index < -0.39 is 18.5 Å². The molecule has 0 radical (unpaired) electrons. The number of carbonyl (C=O) groups is 4. The van der Waals surface area contributed by atoms with Crippen molar-refractivity contribution >= 4 is 51.0 Å². The van der Waals surface area contributed by atoms with E-state index in [1.165, 1.54) is 17.0 Å². The van der Waals surface area contributed by atoms with Gasteiger partial charge in [0, 0.05) is 10.2 Å². The molecule has 34 heavy (non-hydrogen) atoms. The molecule has 1 heterocycles. The van der Waals surface area contributed by atoms with Crippen LogP contribution in [0.4, 0.5) is 11.4 Å². The van der Waals surface area contributed by atoms with Crippen molar-refractivity contribution in [2.75, 3.05) is 16.8 Å². The van der Waals surface area contributed by atoms with Gasteiger partial charge in [-0.3, -0.25) is 19.3 Å². The molecule has 1 aliphatic heterocycles. The zero-order valence-electron chi connectivity index (χ0n) is 19.4. The average molecular weight is 527 g/mol. The number of ether oxygens (including phenoxy) is 1. The lowest BCUT2D eigenvalue weighted by molar-refractivity contribution is -0.122. The van der Waals surface area contributed by atoms with E-state index in [0.717, 1.165) is 34.9 Å². The Kier molecular flexibility index (Phi) is 6.89. The quantitative estimate of drug-likeness (QED) is 0.446. The van der Waals surface area contributed by atoms with Gasteiger partial charge in [-0.05, 0) is 86.6 Å². The molecule has 1 aliphatic carbocycles. The molecule has 1 saturated heterocycles. The molecule has 0 aromatic heterocycles. The first-order chi connectivity index (χ1) is 16.2. The predicted molar refractivity (Wildman–Crippen MR) is 131 cm³/mol. The Labute approximate surface area is 207 Å². The Morgan fingerprint density at radius 3 is 2.38 bits per heavy atom. The predicted octanol–water partition coefficient (Wildman–Crippen LogP) is 4.79. The van der Waals surface area contributed by atoms with Gasteiger partial charge in [0.1, 0.15) is 0 Å². The van der Waals surface area contributed by atoms with Crippen molar-refractivity contribution in [1.29, 1.82) is 0 Å². The van der Waals surface area contributed by atoms with Gasteiger partial charge in [-0.15, -0.1) is 0 Å². The highest BCUT2D eigenvalue weighted by atomic mass is 79.9. The third-order valence-electron chi connectivity index (χ3n) is 6.88. The Bertz CT molecular complexity index is 1160. The molecular weight excluding hydrogens is 500 g/mol. The number of carbonyl (C=O) groups excluding carboxylic acids is 4. The number of fused-ring (bicyclic) bond motifs is 1. The van der Waals surface area contributed by atoms with E-state index in [-0.39, 0.29) is 29.2 Å². The van der Waals surface area contributed by atoms with Gasteiger partial charge < -0.3 is 10.1 Å². The molecule has 0 unspecified atom stereocenters. The third kappa shape index (κ3) is 4.64. The van der Waals surface area contributed by atoms with Crippen LogP contribution in [-0.2, 0) is 19.1 Å². The molecule has 0 spiro atoms. The number of rotatable bonds is 5. The van der Waals surface area contributed by atoms with Gasteiger partial charge in [0.15, 0.2) is 6.61 Å². The number of halogens is 1. The minimum Gasteiger partial charge on any atom is -0.452 e. The summed E-state index contributed by atoms with van der Waals surface area (Å²) in [5.41, 5.74) is 3.27. The molecule has 0 bridgehead atoms. The van der Waals surface area contributed by atoms with Crippen LogP contribution >= 0.6 is 15.9 Å². The van der Waals surface area contributed by atoms with E-state index in [0.29, 0.717) is 17.3 Å². The van der Waals surface area contributed by atoms with E-state index in [2.05, 4.69) is 28.2 Å². The molecule has 178 valence electrons. The molecule has 1 N–H and O–H groups in total. The molecule has 1 saturated carbocycles. The van der Waals surface area contributed by atoms with Gasteiger partial charge in [0.25, 0.3) is 5.91 Å². The van der Waals surface area contributed by atoms with Crippen molar-refractivity contribution in [3.63, 3.8) is 0 Å². The summed E-state index contributed by atoms with van der Waals surface area (Å²) in [5, 5.41) is 2.75. The number of hydrogen-bond acceptors (Lipinski definition) is 5. The molecule has 8 heteroatoms. The standard InChI is InChI=1S/C26H27BrN2O5/c1-14-4-9-19-20(12-14)25(32)29(24(19)31)18-7-5-17(6-8-18)26(33)34-13-23(30)28-22-11-10-21(27)15(2)16(22)3/h5-8,10-11,14,19-20H,4,9,12-13H2,1-3H3,(H,28,30)/t14-,19-,20+/m1/s1. The fraction of sp³-hybridized carbons (Fsp3) is 0.385. The second-order valence-corrected chi connectivity index (χ2v) is 10.0. The van der Waals surface area contributed by atoms with Crippen LogP contribution in [0, 0.1) is 31.6 Å². The topological polar surface area (TPSA) is 92.8 Å². The van der Waals surface area contributed by atoms with Crippen LogP contribution in [0.15, 0.2) is 40.9 Å². The lowest BCUT2D eigenvalue weighted by Crippen LogP contribution is -2.30. The van der Waals surface area contributed by atoms with Crippen LogP contribution in [0.1, 0.15) is 47.7 Å². The average Bonchev–Trinajstić information content (AvgIpc) is 3.07. The second-order valence-electron chi connectivity index (χ2n) is 9.16. The number of anilines is 2. The summed E-state index contributed by atoms with van der Waals surface area (Å²) in [6.07, 6.45) is 2.42. The summed E-state index contributed by atoms with van der Waals surface area (Å²) in [7, 11) is 0. The Morgan fingerprint density at radius 2 is 1.68 bits per heavy atom. The number of benzene rings is 2. The van der Waals surface area contributed by atoms with Gasteiger partial charge >= 0.3 is 5.97 Å². The largest absolute Gasteiger partial charge is 0.452 e. The number of esters is 1. The zero-order chi connectivity index (χ0) is 24.6. The molecule has 2 aromatic rings. The van der Waals surface area contributed by atoms with Gasteiger partial charge in [-0.2, -0.15) is 0 Å². The van der Waals surface area contributed by atoms with Gasteiger partial charge in [0.2, 0.25) is 11.8 Å². The summed E-state index contributed by atoms with van der Waals surface area (Å²) >= 11 is 3.45. The van der Waals surface area contributed by atoms with Crippen LogP contribution in [0.3, 0.4) is 0 Å². The van der Waals surface area contributed by atoms with Crippen LogP contribution in [0.25, 0.3) is 0 Å². The van der Waals surface area contributed by atoms with Crippen molar-refractivity contribution in [2.45, 2.75) is 40.0 Å².